The van der Waals surface area contributed by atoms with Crippen LogP contribution >= 0.6 is 11.8 Å². The van der Waals surface area contributed by atoms with Gasteiger partial charge in [-0.05, 0) is 18.8 Å². The largest absolute Gasteiger partial charge is 0.381 e. The second-order valence-electron chi connectivity index (χ2n) is 4.06. The monoisotopic (exact) mass is 242 g/mol. The van der Waals surface area contributed by atoms with Gasteiger partial charge in [0.25, 0.3) is 0 Å². The van der Waals surface area contributed by atoms with Gasteiger partial charge in [-0.3, -0.25) is 0 Å². The Kier molecular flexibility index (Phi) is 4.20. The van der Waals surface area contributed by atoms with E-state index in [1.165, 1.54) is 12.8 Å². The van der Waals surface area contributed by atoms with Crippen molar-refractivity contribution in [1.29, 1.82) is 0 Å². The minimum Gasteiger partial charge on any atom is -0.381 e. The third-order valence-corrected chi connectivity index (χ3v) is 4.06. The number of ether oxygens (including phenoxy) is 1. The highest BCUT2D eigenvalue weighted by Gasteiger charge is 2.16. The second kappa shape index (κ2) is 5.65. The molecule has 16 heavy (non-hydrogen) atoms. The molecular weight excluding hydrogens is 224 g/mol. The predicted molar refractivity (Wildman–Crippen MR) is 63.2 cm³/mol. The molecule has 0 amide bonds. The third kappa shape index (κ3) is 2.75. The fourth-order valence-electron chi connectivity index (χ4n) is 1.78. The molecule has 2 heterocycles. The van der Waals surface area contributed by atoms with Gasteiger partial charge >= 0.3 is 0 Å². The van der Waals surface area contributed by atoms with Crippen molar-refractivity contribution in [3.05, 3.63) is 5.82 Å². The summed E-state index contributed by atoms with van der Waals surface area (Å²) in [5, 5.41) is 9.11. The normalized spacial score (nSPS) is 21.2. The summed E-state index contributed by atoms with van der Waals surface area (Å²) < 4.78 is 7.42. The summed E-state index contributed by atoms with van der Waals surface area (Å²) >= 11 is 1.74. The Balaban J connectivity index is 1.86. The van der Waals surface area contributed by atoms with Crippen LogP contribution in [0.3, 0.4) is 0 Å². The van der Waals surface area contributed by atoms with E-state index in [0.717, 1.165) is 29.9 Å². The average Bonchev–Trinajstić information content (AvgIpc) is 2.69. The first-order valence-corrected chi connectivity index (χ1v) is 6.58. The maximum Gasteiger partial charge on any atom is 0.190 e. The third-order valence-electron chi connectivity index (χ3n) is 2.81. The molecule has 0 radical (unpaired) electrons. The zero-order valence-corrected chi connectivity index (χ0v) is 10.4. The first-order valence-electron chi connectivity index (χ1n) is 5.60. The number of rotatable bonds is 4. The van der Waals surface area contributed by atoms with Gasteiger partial charge in [-0.25, -0.2) is 0 Å². The zero-order chi connectivity index (χ0) is 11.4. The van der Waals surface area contributed by atoms with Crippen LogP contribution in [0.2, 0.25) is 0 Å². The van der Waals surface area contributed by atoms with Crippen LogP contribution in [0.5, 0.6) is 0 Å². The fraction of sp³-hybridized carbons (Fsp3) is 0.800. The minimum atomic E-state index is 0.441. The van der Waals surface area contributed by atoms with E-state index in [1.807, 2.05) is 11.6 Å². The Hall–Kier alpha value is -0.590. The van der Waals surface area contributed by atoms with E-state index in [4.69, 9.17) is 10.5 Å². The fourth-order valence-corrected chi connectivity index (χ4v) is 2.82. The van der Waals surface area contributed by atoms with Crippen molar-refractivity contribution in [3.8, 4) is 0 Å². The molecule has 1 fully saturated rings. The smallest absolute Gasteiger partial charge is 0.190 e. The van der Waals surface area contributed by atoms with Gasteiger partial charge < -0.3 is 15.0 Å². The number of thioether (sulfide) groups is 1. The second-order valence-corrected chi connectivity index (χ2v) is 5.04. The zero-order valence-electron chi connectivity index (χ0n) is 9.56. The van der Waals surface area contributed by atoms with Crippen LogP contribution in [-0.4, -0.2) is 33.7 Å². The molecule has 1 unspecified atom stereocenters. The first kappa shape index (κ1) is 11.9. The summed E-state index contributed by atoms with van der Waals surface area (Å²) in [6.07, 6.45) is 2.44. The Morgan fingerprint density at radius 1 is 1.56 bits per heavy atom. The molecule has 1 saturated heterocycles. The number of hydrogen-bond acceptors (Lipinski definition) is 5. The maximum atomic E-state index is 5.55. The van der Waals surface area contributed by atoms with E-state index in [2.05, 4.69) is 10.2 Å². The SMILES string of the molecule is Cn1c(CN)nnc1SCC1CCCOC1. The molecule has 1 atom stereocenters. The number of aromatic nitrogens is 3. The summed E-state index contributed by atoms with van der Waals surface area (Å²) in [4.78, 5) is 0. The van der Waals surface area contributed by atoms with Gasteiger partial charge in [-0.2, -0.15) is 0 Å². The molecule has 0 spiro atoms. The lowest BCUT2D eigenvalue weighted by Crippen LogP contribution is -2.19. The van der Waals surface area contributed by atoms with E-state index in [1.54, 1.807) is 11.8 Å². The summed E-state index contributed by atoms with van der Waals surface area (Å²) in [7, 11) is 1.96. The molecule has 90 valence electrons. The highest BCUT2D eigenvalue weighted by molar-refractivity contribution is 7.99. The molecule has 1 aromatic rings. The Bertz CT molecular complexity index is 336. The lowest BCUT2D eigenvalue weighted by molar-refractivity contribution is 0.0632. The summed E-state index contributed by atoms with van der Waals surface area (Å²) in [6.45, 7) is 2.24. The standard InChI is InChI=1S/C10H18N4OS/c1-14-9(5-11)12-13-10(14)16-7-8-3-2-4-15-6-8/h8H,2-7,11H2,1H3. The Morgan fingerprint density at radius 2 is 2.44 bits per heavy atom. The van der Waals surface area contributed by atoms with Crippen molar-refractivity contribution in [2.24, 2.45) is 18.7 Å². The lowest BCUT2D eigenvalue weighted by atomic mass is 10.1. The molecule has 2 rings (SSSR count). The molecule has 0 saturated carbocycles. The van der Waals surface area contributed by atoms with E-state index >= 15 is 0 Å². The molecule has 2 N–H and O–H groups in total. The topological polar surface area (TPSA) is 66.0 Å². The van der Waals surface area contributed by atoms with Crippen molar-refractivity contribution in [3.63, 3.8) is 0 Å². The Labute approximate surface area is 99.7 Å². The number of nitrogens with two attached hydrogens (primary N) is 1. The van der Waals surface area contributed by atoms with Gasteiger partial charge in [0.05, 0.1) is 13.2 Å². The molecule has 0 aliphatic carbocycles. The van der Waals surface area contributed by atoms with Crippen LogP contribution < -0.4 is 5.73 Å². The van der Waals surface area contributed by atoms with E-state index in [0.29, 0.717) is 12.5 Å². The van der Waals surface area contributed by atoms with Gasteiger partial charge in [-0.1, -0.05) is 11.8 Å². The van der Waals surface area contributed by atoms with Crippen molar-refractivity contribution in [2.75, 3.05) is 19.0 Å². The molecule has 6 heteroatoms. The molecule has 1 aliphatic heterocycles. The van der Waals surface area contributed by atoms with Gasteiger partial charge in [-0.15, -0.1) is 10.2 Å². The first-order chi connectivity index (χ1) is 7.81. The van der Waals surface area contributed by atoms with Crippen molar-refractivity contribution >= 4 is 11.8 Å². The van der Waals surface area contributed by atoms with Crippen LogP contribution in [-0.2, 0) is 18.3 Å². The minimum absolute atomic E-state index is 0.441. The highest BCUT2D eigenvalue weighted by atomic mass is 32.2. The van der Waals surface area contributed by atoms with Gasteiger partial charge in [0.15, 0.2) is 5.16 Å². The van der Waals surface area contributed by atoms with Crippen LogP contribution in [0.25, 0.3) is 0 Å². The maximum absolute atomic E-state index is 5.55. The number of nitrogens with zero attached hydrogens (tertiary/aromatic N) is 3. The molecular formula is C10H18N4OS. The molecule has 1 aliphatic rings. The molecule has 1 aromatic heterocycles. The van der Waals surface area contributed by atoms with Gasteiger partial charge in [0.1, 0.15) is 5.82 Å². The van der Waals surface area contributed by atoms with Gasteiger partial charge in [0, 0.05) is 19.4 Å². The van der Waals surface area contributed by atoms with Crippen LogP contribution in [0.15, 0.2) is 5.16 Å². The summed E-state index contributed by atoms with van der Waals surface area (Å²) in [5.41, 5.74) is 5.55. The summed E-state index contributed by atoms with van der Waals surface area (Å²) in [6, 6.07) is 0. The molecule has 0 aromatic carbocycles. The lowest BCUT2D eigenvalue weighted by Gasteiger charge is -2.21. The summed E-state index contributed by atoms with van der Waals surface area (Å²) in [5.74, 6) is 2.54. The van der Waals surface area contributed by atoms with Crippen LogP contribution in [0, 0.1) is 5.92 Å². The van der Waals surface area contributed by atoms with Crippen molar-refractivity contribution in [2.45, 2.75) is 24.5 Å². The molecule has 0 bridgehead atoms. The highest BCUT2D eigenvalue weighted by Crippen LogP contribution is 2.23. The van der Waals surface area contributed by atoms with E-state index in [9.17, 15) is 0 Å². The number of hydrogen-bond donors (Lipinski definition) is 1. The van der Waals surface area contributed by atoms with E-state index in [-0.39, 0.29) is 0 Å². The predicted octanol–water partition coefficient (Wildman–Crippen LogP) is 0.792. The van der Waals surface area contributed by atoms with Crippen LogP contribution in [0.4, 0.5) is 0 Å². The van der Waals surface area contributed by atoms with Crippen LogP contribution in [0.1, 0.15) is 18.7 Å². The van der Waals surface area contributed by atoms with Crippen molar-refractivity contribution in [1.82, 2.24) is 14.8 Å². The van der Waals surface area contributed by atoms with Gasteiger partial charge in [0.2, 0.25) is 0 Å². The average molecular weight is 242 g/mol. The van der Waals surface area contributed by atoms with Crippen molar-refractivity contribution < 1.29 is 4.74 Å². The van der Waals surface area contributed by atoms with E-state index < -0.39 is 0 Å². The molecule has 5 nitrogen and oxygen atoms in total. The Morgan fingerprint density at radius 3 is 3.06 bits per heavy atom. The quantitative estimate of drug-likeness (QED) is 0.791.